The van der Waals surface area contributed by atoms with Crippen molar-refractivity contribution in [3.63, 3.8) is 0 Å². The molecule has 0 atom stereocenters. The van der Waals surface area contributed by atoms with E-state index in [1.54, 1.807) is 18.2 Å². The molecule has 0 saturated heterocycles. The minimum absolute atomic E-state index is 0.0595. The third-order valence-corrected chi connectivity index (χ3v) is 2.10. The van der Waals surface area contributed by atoms with Crippen molar-refractivity contribution in [2.45, 2.75) is 0 Å². The van der Waals surface area contributed by atoms with Crippen molar-refractivity contribution < 1.29 is 14.1 Å². The molecule has 1 aromatic heterocycles. The van der Waals surface area contributed by atoms with E-state index in [2.05, 4.69) is 15.0 Å². The number of nitrogens with one attached hydrogen (secondary N) is 1. The van der Waals surface area contributed by atoms with Crippen LogP contribution in [0.25, 0.3) is 0 Å². The first kappa shape index (κ1) is 10.9. The fourth-order valence-corrected chi connectivity index (χ4v) is 1.32. The minimum Gasteiger partial charge on any atom is -0.366 e. The van der Waals surface area contributed by atoms with Crippen LogP contribution in [-0.2, 0) is 0 Å². The van der Waals surface area contributed by atoms with Crippen LogP contribution in [0.4, 0.5) is 5.69 Å². The predicted octanol–water partition coefficient (Wildman–Crippen LogP) is 1.03. The number of amides is 2. The first-order valence-corrected chi connectivity index (χ1v) is 4.79. The molecule has 0 aliphatic heterocycles. The van der Waals surface area contributed by atoms with E-state index >= 15 is 0 Å². The maximum atomic E-state index is 11.7. The maximum Gasteiger partial charge on any atom is 0.294 e. The van der Waals surface area contributed by atoms with Crippen molar-refractivity contribution in [3.8, 4) is 0 Å². The van der Waals surface area contributed by atoms with Gasteiger partial charge in [-0.3, -0.25) is 9.59 Å². The van der Waals surface area contributed by atoms with Gasteiger partial charge in [0.2, 0.25) is 5.76 Å². The van der Waals surface area contributed by atoms with Gasteiger partial charge in [-0.1, -0.05) is 17.3 Å². The summed E-state index contributed by atoms with van der Waals surface area (Å²) < 4.78 is 4.69. The third kappa shape index (κ3) is 2.31. The molecule has 2 amide bonds. The Labute approximate surface area is 96.4 Å². The van der Waals surface area contributed by atoms with Crippen molar-refractivity contribution in [2.75, 3.05) is 5.32 Å². The van der Waals surface area contributed by atoms with E-state index in [1.807, 2.05) is 0 Å². The average Bonchev–Trinajstić information content (AvgIpc) is 2.83. The van der Waals surface area contributed by atoms with Gasteiger partial charge in [0.05, 0.1) is 17.4 Å². The van der Waals surface area contributed by atoms with Crippen LogP contribution in [0.1, 0.15) is 20.9 Å². The third-order valence-electron chi connectivity index (χ3n) is 2.10. The van der Waals surface area contributed by atoms with E-state index in [0.29, 0.717) is 5.69 Å². The predicted molar refractivity (Wildman–Crippen MR) is 59.4 cm³/mol. The monoisotopic (exact) mass is 231 g/mol. The van der Waals surface area contributed by atoms with E-state index < -0.39 is 11.8 Å². The highest BCUT2D eigenvalue weighted by Gasteiger charge is 2.13. The number of rotatable bonds is 3. The molecule has 6 heteroatoms. The topological polar surface area (TPSA) is 98.2 Å². The largest absolute Gasteiger partial charge is 0.366 e. The number of para-hydroxylation sites is 1. The first-order chi connectivity index (χ1) is 8.18. The summed E-state index contributed by atoms with van der Waals surface area (Å²) in [6.45, 7) is 0. The highest BCUT2D eigenvalue weighted by molar-refractivity contribution is 6.07. The minimum atomic E-state index is -0.613. The number of benzene rings is 1. The zero-order chi connectivity index (χ0) is 12.3. The van der Waals surface area contributed by atoms with Crippen LogP contribution >= 0.6 is 0 Å². The van der Waals surface area contributed by atoms with Gasteiger partial charge in [0.1, 0.15) is 0 Å². The van der Waals surface area contributed by atoms with Gasteiger partial charge in [-0.05, 0) is 12.1 Å². The second kappa shape index (κ2) is 4.48. The van der Waals surface area contributed by atoms with Crippen molar-refractivity contribution in [3.05, 3.63) is 47.9 Å². The zero-order valence-corrected chi connectivity index (χ0v) is 8.71. The van der Waals surface area contributed by atoms with E-state index in [1.165, 1.54) is 18.3 Å². The highest BCUT2D eigenvalue weighted by Crippen LogP contribution is 2.15. The average molecular weight is 231 g/mol. The van der Waals surface area contributed by atoms with Crippen LogP contribution < -0.4 is 11.1 Å². The molecule has 3 N–H and O–H groups in total. The number of primary amides is 1. The van der Waals surface area contributed by atoms with Crippen molar-refractivity contribution in [1.82, 2.24) is 5.16 Å². The standard InChI is InChI=1S/C11H9N3O3/c12-10(15)7-3-1-2-4-8(7)14-11(16)9-5-6-13-17-9/h1-6H,(H2,12,15)(H,14,16). The van der Waals surface area contributed by atoms with Gasteiger partial charge in [0, 0.05) is 6.07 Å². The van der Waals surface area contributed by atoms with E-state index in [0.717, 1.165) is 0 Å². The molecule has 0 aliphatic carbocycles. The number of hydrogen-bond acceptors (Lipinski definition) is 4. The summed E-state index contributed by atoms with van der Waals surface area (Å²) in [7, 11) is 0. The van der Waals surface area contributed by atoms with Crippen molar-refractivity contribution >= 4 is 17.5 Å². The molecular formula is C11H9N3O3. The lowest BCUT2D eigenvalue weighted by Crippen LogP contribution is -2.17. The smallest absolute Gasteiger partial charge is 0.294 e. The number of anilines is 1. The van der Waals surface area contributed by atoms with Crippen LogP contribution in [0, 0.1) is 0 Å². The molecule has 1 aromatic carbocycles. The summed E-state index contributed by atoms with van der Waals surface area (Å²) in [5.41, 5.74) is 5.75. The zero-order valence-electron chi connectivity index (χ0n) is 8.71. The Morgan fingerprint density at radius 3 is 2.65 bits per heavy atom. The Morgan fingerprint density at radius 2 is 2.00 bits per heavy atom. The molecule has 0 spiro atoms. The second-order valence-electron chi connectivity index (χ2n) is 3.24. The van der Waals surface area contributed by atoms with E-state index in [9.17, 15) is 9.59 Å². The quantitative estimate of drug-likeness (QED) is 0.823. The summed E-state index contributed by atoms with van der Waals surface area (Å²) >= 11 is 0. The molecule has 0 bridgehead atoms. The van der Waals surface area contributed by atoms with Crippen molar-refractivity contribution in [2.24, 2.45) is 5.73 Å². The first-order valence-electron chi connectivity index (χ1n) is 4.79. The van der Waals surface area contributed by atoms with E-state index in [-0.39, 0.29) is 11.3 Å². The fourth-order valence-electron chi connectivity index (χ4n) is 1.32. The molecule has 17 heavy (non-hydrogen) atoms. The number of carbonyl (C=O) groups is 2. The molecule has 2 rings (SSSR count). The summed E-state index contributed by atoms with van der Waals surface area (Å²) in [4.78, 5) is 22.8. The second-order valence-corrected chi connectivity index (χ2v) is 3.24. The molecule has 0 fully saturated rings. The normalized spacial score (nSPS) is 9.88. The highest BCUT2D eigenvalue weighted by atomic mass is 16.5. The summed E-state index contributed by atoms with van der Waals surface area (Å²) in [5.74, 6) is -1.04. The summed E-state index contributed by atoms with van der Waals surface area (Å²) in [6.07, 6.45) is 1.36. The number of aromatic nitrogens is 1. The van der Waals surface area contributed by atoms with Crippen LogP contribution in [0.3, 0.4) is 0 Å². The van der Waals surface area contributed by atoms with Crippen LogP contribution in [0.5, 0.6) is 0 Å². The van der Waals surface area contributed by atoms with Crippen LogP contribution in [-0.4, -0.2) is 17.0 Å². The van der Waals surface area contributed by atoms with Gasteiger partial charge < -0.3 is 15.6 Å². The van der Waals surface area contributed by atoms with Gasteiger partial charge in [-0.15, -0.1) is 0 Å². The summed E-state index contributed by atoms with van der Waals surface area (Å²) in [5, 5.41) is 5.94. The van der Waals surface area contributed by atoms with Crippen molar-refractivity contribution in [1.29, 1.82) is 0 Å². The number of nitrogens with two attached hydrogens (primary N) is 1. The van der Waals surface area contributed by atoms with Gasteiger partial charge in [-0.2, -0.15) is 0 Å². The Bertz CT molecular complexity index is 549. The Hall–Kier alpha value is -2.63. The van der Waals surface area contributed by atoms with Gasteiger partial charge in [-0.25, -0.2) is 0 Å². The van der Waals surface area contributed by atoms with Crippen LogP contribution in [0.15, 0.2) is 41.1 Å². The van der Waals surface area contributed by atoms with Crippen LogP contribution in [0.2, 0.25) is 0 Å². The fraction of sp³-hybridized carbons (Fsp3) is 0. The lowest BCUT2D eigenvalue weighted by atomic mass is 10.1. The molecule has 0 saturated carbocycles. The maximum absolute atomic E-state index is 11.7. The Balaban J connectivity index is 2.25. The van der Waals surface area contributed by atoms with Gasteiger partial charge in [0.15, 0.2) is 0 Å². The summed E-state index contributed by atoms with van der Waals surface area (Å²) in [6, 6.07) is 7.86. The lowest BCUT2D eigenvalue weighted by Gasteiger charge is -2.06. The Kier molecular flexibility index (Phi) is 2.87. The van der Waals surface area contributed by atoms with Gasteiger partial charge in [0.25, 0.3) is 11.8 Å². The molecule has 2 aromatic rings. The molecule has 0 radical (unpaired) electrons. The molecular weight excluding hydrogens is 222 g/mol. The number of carbonyl (C=O) groups excluding carboxylic acids is 2. The SMILES string of the molecule is NC(=O)c1ccccc1NC(=O)c1ccno1. The van der Waals surface area contributed by atoms with Gasteiger partial charge >= 0.3 is 0 Å². The molecule has 0 unspecified atom stereocenters. The molecule has 6 nitrogen and oxygen atoms in total. The molecule has 0 aliphatic rings. The number of nitrogens with zero attached hydrogens (tertiary/aromatic N) is 1. The molecule has 1 heterocycles. The van der Waals surface area contributed by atoms with E-state index in [4.69, 9.17) is 5.73 Å². The molecule has 86 valence electrons. The Morgan fingerprint density at radius 1 is 1.24 bits per heavy atom. The number of hydrogen-bond donors (Lipinski definition) is 2. The lowest BCUT2D eigenvalue weighted by molar-refractivity contribution is 0.0988.